The summed E-state index contributed by atoms with van der Waals surface area (Å²) in [5.41, 5.74) is 0. The molecule has 2 aliphatic rings. The van der Waals surface area contributed by atoms with Crippen molar-refractivity contribution in [2.45, 2.75) is 30.5 Å². The van der Waals surface area contributed by atoms with E-state index in [4.69, 9.17) is 9.47 Å². The highest BCUT2D eigenvalue weighted by Gasteiger charge is 2.34. The predicted octanol–water partition coefficient (Wildman–Crippen LogP) is 0.855. The second-order valence-electron chi connectivity index (χ2n) is 6.16. The van der Waals surface area contributed by atoms with Gasteiger partial charge in [-0.1, -0.05) is 11.8 Å². The van der Waals surface area contributed by atoms with Crippen molar-refractivity contribution in [1.82, 2.24) is 20.1 Å². The smallest absolute Gasteiger partial charge is 0.230 e. The number of aryl methyl sites for hydroxylation is 1. The van der Waals surface area contributed by atoms with Crippen molar-refractivity contribution in [2.24, 2.45) is 18.9 Å². The van der Waals surface area contributed by atoms with E-state index in [1.165, 1.54) is 11.8 Å². The molecule has 3 rings (SSSR count). The molecule has 1 N–H and O–H groups in total. The maximum Gasteiger partial charge on any atom is 0.230 e. The Bertz CT molecular complexity index is 519. The van der Waals surface area contributed by atoms with E-state index in [-0.39, 0.29) is 11.9 Å². The molecule has 0 bridgehead atoms. The van der Waals surface area contributed by atoms with Crippen molar-refractivity contribution in [2.75, 3.05) is 32.2 Å². The van der Waals surface area contributed by atoms with E-state index in [9.17, 15) is 4.79 Å². The maximum absolute atomic E-state index is 12.3. The molecule has 8 heteroatoms. The summed E-state index contributed by atoms with van der Waals surface area (Å²) in [6.45, 7) is 3.11. The van der Waals surface area contributed by atoms with Crippen LogP contribution in [0.15, 0.2) is 11.5 Å². The summed E-state index contributed by atoms with van der Waals surface area (Å²) >= 11 is 1.41. The van der Waals surface area contributed by atoms with E-state index < -0.39 is 0 Å². The van der Waals surface area contributed by atoms with Gasteiger partial charge in [-0.05, 0) is 25.2 Å². The molecule has 1 aromatic heterocycles. The summed E-state index contributed by atoms with van der Waals surface area (Å²) in [6.07, 6.45) is 4.66. The van der Waals surface area contributed by atoms with Crippen molar-refractivity contribution < 1.29 is 14.3 Å². The number of nitrogens with zero attached hydrogens (tertiary/aromatic N) is 3. The van der Waals surface area contributed by atoms with Crippen LogP contribution in [-0.4, -0.2) is 58.9 Å². The fraction of sp³-hybridized carbons (Fsp3) is 0.800. The Hall–Kier alpha value is -1.12. The Kier molecular flexibility index (Phi) is 5.91. The first-order chi connectivity index (χ1) is 11.2. The second kappa shape index (κ2) is 8.12. The molecule has 1 amide bonds. The number of carbonyl (C=O) groups is 1. The average Bonchev–Trinajstić information content (AvgIpc) is 2.99. The van der Waals surface area contributed by atoms with Crippen LogP contribution in [-0.2, 0) is 21.3 Å². The zero-order chi connectivity index (χ0) is 16.1. The summed E-state index contributed by atoms with van der Waals surface area (Å²) in [7, 11) is 1.87. The van der Waals surface area contributed by atoms with Crippen LogP contribution in [0.3, 0.4) is 0 Å². The van der Waals surface area contributed by atoms with Crippen LogP contribution in [0.1, 0.15) is 19.3 Å². The fourth-order valence-corrected chi connectivity index (χ4v) is 4.03. The standard InChI is InChI=1S/C15H24N4O3S/c1-19-10-16-18-15(19)23-9-14(20)17-13-4-7-22-8-12(13)11-2-5-21-6-3-11/h10-13H,2-9H2,1H3,(H,17,20)/t12-,13-/m1/s1. The summed E-state index contributed by atoms with van der Waals surface area (Å²) < 4.78 is 12.9. The van der Waals surface area contributed by atoms with Crippen LogP contribution < -0.4 is 5.32 Å². The number of thioether (sulfide) groups is 1. The van der Waals surface area contributed by atoms with E-state index in [1.54, 1.807) is 6.33 Å². The number of nitrogens with one attached hydrogen (secondary N) is 1. The first kappa shape index (κ1) is 16.7. The minimum Gasteiger partial charge on any atom is -0.381 e. The third-order valence-corrected chi connectivity index (χ3v) is 5.65. The Morgan fingerprint density at radius 3 is 2.87 bits per heavy atom. The third kappa shape index (κ3) is 4.45. The number of rotatable bonds is 5. The van der Waals surface area contributed by atoms with Crippen LogP contribution in [0.2, 0.25) is 0 Å². The first-order valence-electron chi connectivity index (χ1n) is 8.15. The zero-order valence-electron chi connectivity index (χ0n) is 13.4. The molecule has 2 saturated heterocycles. The predicted molar refractivity (Wildman–Crippen MR) is 86.1 cm³/mol. The van der Waals surface area contributed by atoms with Gasteiger partial charge in [-0.2, -0.15) is 0 Å². The molecule has 3 heterocycles. The molecule has 2 atom stereocenters. The van der Waals surface area contributed by atoms with Gasteiger partial charge in [0.2, 0.25) is 5.91 Å². The lowest BCUT2D eigenvalue weighted by molar-refractivity contribution is -0.121. The maximum atomic E-state index is 12.3. The zero-order valence-corrected chi connectivity index (χ0v) is 14.3. The molecule has 23 heavy (non-hydrogen) atoms. The topological polar surface area (TPSA) is 78.3 Å². The number of hydrogen-bond donors (Lipinski definition) is 1. The van der Waals surface area contributed by atoms with E-state index in [0.717, 1.165) is 50.8 Å². The number of carbonyl (C=O) groups excluding carboxylic acids is 1. The summed E-state index contributed by atoms with van der Waals surface area (Å²) in [5.74, 6) is 1.41. The highest BCUT2D eigenvalue weighted by molar-refractivity contribution is 7.99. The monoisotopic (exact) mass is 340 g/mol. The third-order valence-electron chi connectivity index (χ3n) is 4.62. The molecule has 128 valence electrons. The highest BCUT2D eigenvalue weighted by atomic mass is 32.2. The van der Waals surface area contributed by atoms with Gasteiger partial charge in [0.05, 0.1) is 12.4 Å². The highest BCUT2D eigenvalue weighted by Crippen LogP contribution is 2.30. The van der Waals surface area contributed by atoms with Crippen molar-refractivity contribution in [1.29, 1.82) is 0 Å². The molecule has 0 spiro atoms. The molecule has 2 fully saturated rings. The van der Waals surface area contributed by atoms with Gasteiger partial charge >= 0.3 is 0 Å². The van der Waals surface area contributed by atoms with Gasteiger partial charge < -0.3 is 19.4 Å². The molecule has 7 nitrogen and oxygen atoms in total. The minimum atomic E-state index is 0.0574. The van der Waals surface area contributed by atoms with E-state index in [2.05, 4.69) is 15.5 Å². The van der Waals surface area contributed by atoms with E-state index in [1.807, 2.05) is 11.6 Å². The normalized spacial score (nSPS) is 26.1. The Labute approximate surface area is 140 Å². The van der Waals surface area contributed by atoms with E-state index in [0.29, 0.717) is 17.6 Å². The van der Waals surface area contributed by atoms with Crippen LogP contribution >= 0.6 is 11.8 Å². The number of ether oxygens (including phenoxy) is 2. The van der Waals surface area contributed by atoms with Crippen molar-refractivity contribution in [3.63, 3.8) is 0 Å². The van der Waals surface area contributed by atoms with Gasteiger partial charge in [0.15, 0.2) is 5.16 Å². The van der Waals surface area contributed by atoms with Gasteiger partial charge in [-0.25, -0.2) is 0 Å². The molecule has 0 aliphatic carbocycles. The summed E-state index contributed by atoms with van der Waals surface area (Å²) in [4.78, 5) is 12.3. The SMILES string of the molecule is Cn1cnnc1SCC(=O)N[C@@H]1CCOC[C@@H]1C1CCOCC1. The lowest BCUT2D eigenvalue weighted by atomic mass is 9.79. The number of amides is 1. The van der Waals surface area contributed by atoms with Crippen molar-refractivity contribution in [3.8, 4) is 0 Å². The van der Waals surface area contributed by atoms with Crippen LogP contribution in [0.5, 0.6) is 0 Å². The fourth-order valence-electron chi connectivity index (χ4n) is 3.33. The molecule has 0 saturated carbocycles. The Morgan fingerprint density at radius 1 is 1.35 bits per heavy atom. The number of aromatic nitrogens is 3. The van der Waals surface area contributed by atoms with Crippen LogP contribution in [0, 0.1) is 11.8 Å². The summed E-state index contributed by atoms with van der Waals surface area (Å²) in [5, 5.41) is 11.8. The van der Waals surface area contributed by atoms with Gasteiger partial charge in [-0.15, -0.1) is 10.2 Å². The molecule has 1 aromatic rings. The van der Waals surface area contributed by atoms with Gasteiger partial charge in [0.1, 0.15) is 6.33 Å². The molecular weight excluding hydrogens is 316 g/mol. The first-order valence-corrected chi connectivity index (χ1v) is 9.14. The molecule has 2 aliphatic heterocycles. The molecular formula is C15H24N4O3S. The average molecular weight is 340 g/mol. The quantitative estimate of drug-likeness (QED) is 0.801. The van der Waals surface area contributed by atoms with Gasteiger partial charge in [-0.3, -0.25) is 4.79 Å². The van der Waals surface area contributed by atoms with Crippen LogP contribution in [0.25, 0.3) is 0 Å². The minimum absolute atomic E-state index is 0.0574. The van der Waals surface area contributed by atoms with Crippen molar-refractivity contribution >= 4 is 17.7 Å². The Balaban J connectivity index is 1.51. The lowest BCUT2D eigenvalue weighted by Crippen LogP contribution is -2.49. The molecule has 0 radical (unpaired) electrons. The largest absolute Gasteiger partial charge is 0.381 e. The summed E-state index contributed by atoms with van der Waals surface area (Å²) in [6, 6.07) is 0.208. The van der Waals surface area contributed by atoms with Crippen molar-refractivity contribution in [3.05, 3.63) is 6.33 Å². The van der Waals surface area contributed by atoms with E-state index >= 15 is 0 Å². The molecule has 0 aromatic carbocycles. The second-order valence-corrected chi connectivity index (χ2v) is 7.11. The molecule has 0 unspecified atom stereocenters. The van der Waals surface area contributed by atoms with Gasteiger partial charge in [0.25, 0.3) is 0 Å². The van der Waals surface area contributed by atoms with Crippen LogP contribution in [0.4, 0.5) is 0 Å². The number of hydrogen-bond acceptors (Lipinski definition) is 6. The lowest BCUT2D eigenvalue weighted by Gasteiger charge is -2.39. The Morgan fingerprint density at radius 2 is 2.13 bits per heavy atom. The van der Waals surface area contributed by atoms with Gasteiger partial charge in [0, 0.05) is 38.8 Å².